The van der Waals surface area contributed by atoms with Crippen LogP contribution in [-0.2, 0) is 7.05 Å². The van der Waals surface area contributed by atoms with Gasteiger partial charge in [0.1, 0.15) is 17.3 Å². The number of carbonyl (C=O) groups excluding carboxylic acids is 1. The number of carbonyl (C=O) groups is 1. The van der Waals surface area contributed by atoms with Crippen LogP contribution in [0.1, 0.15) is 29.6 Å². The summed E-state index contributed by atoms with van der Waals surface area (Å²) in [5.41, 5.74) is 0.520. The molecule has 2 atom stereocenters. The Kier molecular flexibility index (Phi) is 4.85. The summed E-state index contributed by atoms with van der Waals surface area (Å²) in [6, 6.07) is 3.20. The maximum atomic E-state index is 14.1. The second kappa shape index (κ2) is 6.92. The third-order valence-corrected chi connectivity index (χ3v) is 4.72. The lowest BCUT2D eigenvalue weighted by Gasteiger charge is -2.23. The SMILES string of the molecule is CN(CC1CCCC1O)C(=O)c1cn(C)nc1-c1ccc(F)cc1F. The van der Waals surface area contributed by atoms with Gasteiger partial charge in [-0.2, -0.15) is 5.10 Å². The van der Waals surface area contributed by atoms with Crippen molar-refractivity contribution in [1.29, 1.82) is 0 Å². The molecule has 0 aliphatic heterocycles. The van der Waals surface area contributed by atoms with Crippen molar-refractivity contribution in [3.63, 3.8) is 0 Å². The number of rotatable bonds is 4. The highest BCUT2D eigenvalue weighted by molar-refractivity contribution is 5.99. The van der Waals surface area contributed by atoms with Crippen LogP contribution >= 0.6 is 0 Å². The van der Waals surface area contributed by atoms with E-state index >= 15 is 0 Å². The molecule has 1 heterocycles. The van der Waals surface area contributed by atoms with Gasteiger partial charge >= 0.3 is 0 Å². The van der Waals surface area contributed by atoms with E-state index in [0.29, 0.717) is 6.54 Å². The van der Waals surface area contributed by atoms with Gasteiger partial charge in [0.15, 0.2) is 0 Å². The Labute approximate surface area is 144 Å². The second-order valence-corrected chi connectivity index (χ2v) is 6.63. The van der Waals surface area contributed by atoms with Gasteiger partial charge in [0.2, 0.25) is 0 Å². The minimum absolute atomic E-state index is 0.0524. The standard InChI is InChI=1S/C18H21F2N3O2/c1-22(9-11-4-3-5-16(11)24)18(25)14-10-23(2)21-17(14)13-7-6-12(19)8-15(13)20/h6-8,10-11,16,24H,3-5,9H2,1-2H3. The zero-order valence-electron chi connectivity index (χ0n) is 14.2. The number of aliphatic hydroxyl groups excluding tert-OH is 1. The summed E-state index contributed by atoms with van der Waals surface area (Å²) in [4.78, 5) is 14.3. The Morgan fingerprint density at radius 3 is 2.80 bits per heavy atom. The highest BCUT2D eigenvalue weighted by Gasteiger charge is 2.29. The van der Waals surface area contributed by atoms with Gasteiger partial charge in [0.25, 0.3) is 5.91 Å². The molecule has 1 aromatic heterocycles. The van der Waals surface area contributed by atoms with Crippen LogP contribution in [-0.4, -0.2) is 45.4 Å². The molecule has 1 saturated carbocycles. The fourth-order valence-corrected chi connectivity index (χ4v) is 3.40. The highest BCUT2D eigenvalue weighted by atomic mass is 19.1. The summed E-state index contributed by atoms with van der Waals surface area (Å²) in [5, 5.41) is 14.1. The quantitative estimate of drug-likeness (QED) is 0.923. The van der Waals surface area contributed by atoms with Crippen molar-refractivity contribution >= 4 is 5.91 Å². The van der Waals surface area contributed by atoms with E-state index in [2.05, 4.69) is 5.10 Å². The number of benzene rings is 1. The Balaban J connectivity index is 1.88. The molecule has 1 amide bonds. The molecule has 25 heavy (non-hydrogen) atoms. The van der Waals surface area contributed by atoms with Gasteiger partial charge in [-0.05, 0) is 25.0 Å². The predicted octanol–water partition coefficient (Wildman–Crippen LogP) is 2.60. The molecule has 0 radical (unpaired) electrons. The first-order chi connectivity index (χ1) is 11.9. The first-order valence-electron chi connectivity index (χ1n) is 8.29. The topological polar surface area (TPSA) is 58.4 Å². The molecule has 1 fully saturated rings. The number of nitrogens with zero attached hydrogens (tertiary/aromatic N) is 3. The highest BCUT2D eigenvalue weighted by Crippen LogP contribution is 2.29. The van der Waals surface area contributed by atoms with Crippen molar-refractivity contribution < 1.29 is 18.7 Å². The number of aromatic nitrogens is 2. The number of hydrogen-bond donors (Lipinski definition) is 1. The van der Waals surface area contributed by atoms with E-state index in [1.807, 2.05) is 0 Å². The average Bonchev–Trinajstić information content (AvgIpc) is 3.13. The molecular weight excluding hydrogens is 328 g/mol. The fourth-order valence-electron chi connectivity index (χ4n) is 3.40. The molecule has 1 aliphatic rings. The first-order valence-corrected chi connectivity index (χ1v) is 8.29. The van der Waals surface area contributed by atoms with E-state index in [1.54, 1.807) is 14.1 Å². The molecule has 1 aliphatic carbocycles. The molecule has 0 spiro atoms. The molecule has 2 unspecified atom stereocenters. The Hall–Kier alpha value is -2.28. The molecule has 5 nitrogen and oxygen atoms in total. The average molecular weight is 349 g/mol. The molecule has 1 N–H and O–H groups in total. The van der Waals surface area contributed by atoms with Crippen molar-refractivity contribution in [1.82, 2.24) is 14.7 Å². The zero-order valence-corrected chi connectivity index (χ0v) is 14.2. The lowest BCUT2D eigenvalue weighted by atomic mass is 10.0. The van der Waals surface area contributed by atoms with Crippen molar-refractivity contribution in [3.05, 3.63) is 41.6 Å². The van der Waals surface area contributed by atoms with E-state index in [4.69, 9.17) is 0 Å². The summed E-state index contributed by atoms with van der Waals surface area (Å²) < 4.78 is 28.7. The molecular formula is C18H21F2N3O2. The van der Waals surface area contributed by atoms with Crippen LogP contribution in [0.3, 0.4) is 0 Å². The van der Waals surface area contributed by atoms with Crippen LogP contribution in [0, 0.1) is 17.6 Å². The lowest BCUT2D eigenvalue weighted by molar-refractivity contribution is 0.0694. The Bertz CT molecular complexity index is 791. The zero-order chi connectivity index (χ0) is 18.1. The fraction of sp³-hybridized carbons (Fsp3) is 0.444. The first kappa shape index (κ1) is 17.5. The van der Waals surface area contributed by atoms with Crippen LogP contribution in [0.5, 0.6) is 0 Å². The number of hydrogen-bond acceptors (Lipinski definition) is 3. The maximum Gasteiger partial charge on any atom is 0.257 e. The largest absolute Gasteiger partial charge is 0.393 e. The van der Waals surface area contributed by atoms with Crippen molar-refractivity contribution in [2.75, 3.05) is 13.6 Å². The number of aryl methyl sites for hydroxylation is 1. The summed E-state index contributed by atoms with van der Waals surface area (Å²) >= 11 is 0. The second-order valence-electron chi connectivity index (χ2n) is 6.63. The number of amides is 1. The number of halogens is 2. The molecule has 134 valence electrons. The van der Waals surface area contributed by atoms with E-state index < -0.39 is 17.7 Å². The van der Waals surface area contributed by atoms with Gasteiger partial charge < -0.3 is 10.0 Å². The summed E-state index contributed by atoms with van der Waals surface area (Å²) in [7, 11) is 3.30. The van der Waals surface area contributed by atoms with Crippen LogP contribution in [0.25, 0.3) is 11.3 Å². The monoisotopic (exact) mass is 349 g/mol. The number of aliphatic hydroxyl groups is 1. The third kappa shape index (κ3) is 3.56. The van der Waals surface area contributed by atoms with E-state index in [0.717, 1.165) is 31.4 Å². The van der Waals surface area contributed by atoms with E-state index in [9.17, 15) is 18.7 Å². The van der Waals surface area contributed by atoms with Crippen LogP contribution in [0.2, 0.25) is 0 Å². The molecule has 0 bridgehead atoms. The Morgan fingerprint density at radius 1 is 1.40 bits per heavy atom. The van der Waals surface area contributed by atoms with Crippen LogP contribution in [0.15, 0.2) is 24.4 Å². The van der Waals surface area contributed by atoms with Gasteiger partial charge in [-0.25, -0.2) is 8.78 Å². The molecule has 2 aromatic rings. The minimum Gasteiger partial charge on any atom is -0.393 e. The molecule has 1 aromatic carbocycles. The van der Waals surface area contributed by atoms with Crippen molar-refractivity contribution in [3.8, 4) is 11.3 Å². The van der Waals surface area contributed by atoms with Crippen molar-refractivity contribution in [2.24, 2.45) is 13.0 Å². The van der Waals surface area contributed by atoms with Crippen molar-refractivity contribution in [2.45, 2.75) is 25.4 Å². The van der Waals surface area contributed by atoms with Gasteiger partial charge in [-0.3, -0.25) is 9.48 Å². The van der Waals surface area contributed by atoms with Gasteiger partial charge in [-0.15, -0.1) is 0 Å². The summed E-state index contributed by atoms with van der Waals surface area (Å²) in [6.07, 6.45) is 3.73. The van der Waals surface area contributed by atoms with Gasteiger partial charge in [-0.1, -0.05) is 6.42 Å². The smallest absolute Gasteiger partial charge is 0.257 e. The summed E-state index contributed by atoms with van der Waals surface area (Å²) in [5.74, 6) is -1.69. The summed E-state index contributed by atoms with van der Waals surface area (Å²) in [6.45, 7) is 0.431. The van der Waals surface area contributed by atoms with Crippen LogP contribution in [0.4, 0.5) is 8.78 Å². The normalized spacial score (nSPS) is 20.0. The third-order valence-electron chi connectivity index (χ3n) is 4.72. The van der Waals surface area contributed by atoms with E-state index in [-0.39, 0.29) is 28.6 Å². The van der Waals surface area contributed by atoms with E-state index in [1.165, 1.54) is 21.8 Å². The lowest BCUT2D eigenvalue weighted by Crippen LogP contribution is -2.34. The van der Waals surface area contributed by atoms with Gasteiger partial charge in [0, 0.05) is 44.4 Å². The maximum absolute atomic E-state index is 14.1. The molecule has 7 heteroatoms. The molecule has 3 rings (SSSR count). The minimum atomic E-state index is -0.762. The Morgan fingerprint density at radius 2 is 2.16 bits per heavy atom. The van der Waals surface area contributed by atoms with Gasteiger partial charge in [0.05, 0.1) is 11.7 Å². The van der Waals surface area contributed by atoms with Crippen LogP contribution < -0.4 is 0 Å². The molecule has 0 saturated heterocycles. The predicted molar refractivity (Wildman–Crippen MR) is 88.9 cm³/mol.